The first-order valence-corrected chi connectivity index (χ1v) is 5.91. The van der Waals surface area contributed by atoms with Gasteiger partial charge in [0.1, 0.15) is 5.82 Å². The van der Waals surface area contributed by atoms with Crippen molar-refractivity contribution in [2.75, 3.05) is 11.1 Å². The number of hydrogen-bond acceptors (Lipinski definition) is 2. The lowest BCUT2D eigenvalue weighted by molar-refractivity contribution is 0.102. The smallest absolute Gasteiger partial charge is 0.258 e. The lowest BCUT2D eigenvalue weighted by atomic mass is 10.1. The average Bonchev–Trinajstić information content (AvgIpc) is 2.36. The number of anilines is 2. The van der Waals surface area contributed by atoms with Crippen molar-refractivity contribution in [1.82, 2.24) is 0 Å². The van der Waals surface area contributed by atoms with Crippen molar-refractivity contribution >= 4 is 17.3 Å². The Morgan fingerprint density at radius 2 is 1.89 bits per heavy atom. The monoisotopic (exact) mass is 258 g/mol. The van der Waals surface area contributed by atoms with Gasteiger partial charge in [0.05, 0.1) is 5.56 Å². The van der Waals surface area contributed by atoms with Crippen LogP contribution in [0.1, 0.15) is 21.5 Å². The molecule has 19 heavy (non-hydrogen) atoms. The molecule has 0 aromatic heterocycles. The second-order valence-electron chi connectivity index (χ2n) is 4.51. The maximum Gasteiger partial charge on any atom is 0.258 e. The molecule has 0 heterocycles. The zero-order valence-electron chi connectivity index (χ0n) is 10.8. The lowest BCUT2D eigenvalue weighted by Crippen LogP contribution is -2.15. The van der Waals surface area contributed by atoms with Crippen molar-refractivity contribution in [3.05, 3.63) is 58.9 Å². The number of nitrogen functional groups attached to an aromatic ring is 1. The van der Waals surface area contributed by atoms with Gasteiger partial charge in [0.2, 0.25) is 0 Å². The van der Waals surface area contributed by atoms with Crippen LogP contribution < -0.4 is 11.1 Å². The molecule has 0 radical (unpaired) electrons. The summed E-state index contributed by atoms with van der Waals surface area (Å²) in [5.74, 6) is -1.01. The Balaban J connectivity index is 2.30. The van der Waals surface area contributed by atoms with Gasteiger partial charge in [0.25, 0.3) is 5.91 Å². The number of nitrogens with two attached hydrogens (primary N) is 1. The molecule has 4 heteroatoms. The van der Waals surface area contributed by atoms with Gasteiger partial charge < -0.3 is 11.1 Å². The number of nitrogens with one attached hydrogen (secondary N) is 1. The Labute approximate surface area is 111 Å². The molecule has 2 rings (SSSR count). The summed E-state index contributed by atoms with van der Waals surface area (Å²) in [7, 11) is 0. The summed E-state index contributed by atoms with van der Waals surface area (Å²) >= 11 is 0. The van der Waals surface area contributed by atoms with E-state index in [0.717, 1.165) is 11.1 Å². The van der Waals surface area contributed by atoms with Crippen LogP contribution in [0.5, 0.6) is 0 Å². The Morgan fingerprint density at radius 3 is 2.63 bits per heavy atom. The number of rotatable bonds is 2. The van der Waals surface area contributed by atoms with Crippen LogP contribution in [0.25, 0.3) is 0 Å². The first-order valence-electron chi connectivity index (χ1n) is 5.91. The minimum Gasteiger partial charge on any atom is -0.399 e. The van der Waals surface area contributed by atoms with Gasteiger partial charge >= 0.3 is 0 Å². The van der Waals surface area contributed by atoms with Gasteiger partial charge in [-0.05, 0) is 43.7 Å². The number of aryl methyl sites for hydroxylation is 2. The maximum absolute atomic E-state index is 13.6. The molecule has 0 saturated heterocycles. The summed E-state index contributed by atoms with van der Waals surface area (Å²) in [6.45, 7) is 3.66. The molecule has 0 saturated carbocycles. The molecule has 0 spiro atoms. The van der Waals surface area contributed by atoms with E-state index in [2.05, 4.69) is 5.32 Å². The van der Waals surface area contributed by atoms with E-state index < -0.39 is 11.7 Å². The third kappa shape index (κ3) is 2.91. The Morgan fingerprint density at radius 1 is 1.16 bits per heavy atom. The van der Waals surface area contributed by atoms with Crippen molar-refractivity contribution in [2.24, 2.45) is 0 Å². The minimum absolute atomic E-state index is 0.0295. The number of hydrogen-bond donors (Lipinski definition) is 2. The normalized spacial score (nSPS) is 10.3. The van der Waals surface area contributed by atoms with Gasteiger partial charge in [-0.1, -0.05) is 17.7 Å². The SMILES string of the molecule is Cc1ccc(F)c(C(=O)Nc2cc(N)ccc2C)c1. The molecule has 98 valence electrons. The molecule has 3 nitrogen and oxygen atoms in total. The first-order chi connectivity index (χ1) is 8.97. The molecular formula is C15H15FN2O. The van der Waals surface area contributed by atoms with E-state index in [1.165, 1.54) is 12.1 Å². The fraction of sp³-hybridized carbons (Fsp3) is 0.133. The van der Waals surface area contributed by atoms with Gasteiger partial charge in [-0.25, -0.2) is 4.39 Å². The fourth-order valence-electron chi connectivity index (χ4n) is 1.78. The van der Waals surface area contributed by atoms with Crippen LogP contribution in [0.2, 0.25) is 0 Å². The van der Waals surface area contributed by atoms with Crippen molar-refractivity contribution in [2.45, 2.75) is 13.8 Å². The predicted octanol–water partition coefficient (Wildman–Crippen LogP) is 3.28. The summed E-state index contributed by atoms with van der Waals surface area (Å²) in [4.78, 5) is 12.1. The van der Waals surface area contributed by atoms with Crippen molar-refractivity contribution in [3.8, 4) is 0 Å². The number of carbonyl (C=O) groups is 1. The Bertz CT molecular complexity index is 638. The van der Waals surface area contributed by atoms with Crippen LogP contribution in [0.15, 0.2) is 36.4 Å². The summed E-state index contributed by atoms with van der Waals surface area (Å²) in [5, 5.41) is 2.68. The average molecular weight is 258 g/mol. The second kappa shape index (κ2) is 5.10. The lowest BCUT2D eigenvalue weighted by Gasteiger charge is -2.10. The molecule has 0 aliphatic rings. The molecule has 0 aliphatic carbocycles. The molecule has 0 fully saturated rings. The molecule has 2 aromatic carbocycles. The summed E-state index contributed by atoms with van der Waals surface area (Å²) in [6.07, 6.45) is 0. The standard InChI is InChI=1S/C15H15FN2O/c1-9-3-6-13(16)12(7-9)15(19)18-14-8-11(17)5-4-10(14)2/h3-8H,17H2,1-2H3,(H,18,19). The minimum atomic E-state index is -0.537. The van der Waals surface area contributed by atoms with Crippen LogP contribution in [0.3, 0.4) is 0 Å². The number of benzene rings is 2. The van der Waals surface area contributed by atoms with Gasteiger partial charge in [-0.2, -0.15) is 0 Å². The summed E-state index contributed by atoms with van der Waals surface area (Å²) in [5.41, 5.74) is 8.54. The Kier molecular flexibility index (Phi) is 3.51. The summed E-state index contributed by atoms with van der Waals surface area (Å²) < 4.78 is 13.6. The second-order valence-corrected chi connectivity index (χ2v) is 4.51. The maximum atomic E-state index is 13.6. The Hall–Kier alpha value is -2.36. The summed E-state index contributed by atoms with van der Waals surface area (Å²) in [6, 6.07) is 9.64. The highest BCUT2D eigenvalue weighted by Gasteiger charge is 2.13. The number of halogens is 1. The van der Waals surface area contributed by atoms with E-state index in [1.54, 1.807) is 24.3 Å². The molecule has 3 N–H and O–H groups in total. The fourth-order valence-corrected chi connectivity index (χ4v) is 1.78. The molecule has 2 aromatic rings. The molecular weight excluding hydrogens is 243 g/mol. The highest BCUT2D eigenvalue weighted by atomic mass is 19.1. The topological polar surface area (TPSA) is 55.1 Å². The zero-order valence-corrected chi connectivity index (χ0v) is 10.8. The molecule has 0 atom stereocenters. The van der Waals surface area contributed by atoms with E-state index in [4.69, 9.17) is 5.73 Å². The third-order valence-electron chi connectivity index (χ3n) is 2.88. The van der Waals surface area contributed by atoms with Crippen molar-refractivity contribution in [3.63, 3.8) is 0 Å². The number of amides is 1. The van der Waals surface area contributed by atoms with E-state index in [1.807, 2.05) is 13.8 Å². The van der Waals surface area contributed by atoms with E-state index in [-0.39, 0.29) is 5.56 Å². The van der Waals surface area contributed by atoms with Crippen LogP contribution in [0.4, 0.5) is 15.8 Å². The molecule has 0 unspecified atom stereocenters. The van der Waals surface area contributed by atoms with Gasteiger partial charge in [-0.3, -0.25) is 4.79 Å². The highest BCUT2D eigenvalue weighted by Crippen LogP contribution is 2.20. The van der Waals surface area contributed by atoms with Crippen LogP contribution >= 0.6 is 0 Å². The van der Waals surface area contributed by atoms with Crippen LogP contribution in [0, 0.1) is 19.7 Å². The van der Waals surface area contributed by atoms with E-state index in [9.17, 15) is 9.18 Å². The molecule has 1 amide bonds. The quantitative estimate of drug-likeness (QED) is 0.812. The van der Waals surface area contributed by atoms with E-state index >= 15 is 0 Å². The third-order valence-corrected chi connectivity index (χ3v) is 2.88. The van der Waals surface area contributed by atoms with Gasteiger partial charge in [0, 0.05) is 11.4 Å². The van der Waals surface area contributed by atoms with Crippen molar-refractivity contribution in [1.29, 1.82) is 0 Å². The van der Waals surface area contributed by atoms with E-state index in [0.29, 0.717) is 11.4 Å². The molecule has 0 aliphatic heterocycles. The van der Waals surface area contributed by atoms with Crippen molar-refractivity contribution < 1.29 is 9.18 Å². The van der Waals surface area contributed by atoms with Gasteiger partial charge in [-0.15, -0.1) is 0 Å². The number of carbonyl (C=O) groups excluding carboxylic acids is 1. The first kappa shape index (κ1) is 13.1. The van der Waals surface area contributed by atoms with Gasteiger partial charge in [0.15, 0.2) is 0 Å². The van der Waals surface area contributed by atoms with Crippen LogP contribution in [-0.2, 0) is 0 Å². The highest BCUT2D eigenvalue weighted by molar-refractivity contribution is 6.05. The predicted molar refractivity (Wildman–Crippen MR) is 74.7 cm³/mol. The molecule has 0 bridgehead atoms. The zero-order chi connectivity index (χ0) is 14.0. The van der Waals surface area contributed by atoms with Crippen LogP contribution in [-0.4, -0.2) is 5.91 Å². The largest absolute Gasteiger partial charge is 0.399 e.